The Kier molecular flexibility index (Phi) is 6.92. The second-order valence-corrected chi connectivity index (χ2v) is 6.47. The molecule has 156 valence electrons. The van der Waals surface area contributed by atoms with E-state index in [4.69, 9.17) is 0 Å². The molecule has 29 heavy (non-hydrogen) atoms. The second kappa shape index (κ2) is 9.60. The number of hydrogen-bond donors (Lipinski definition) is 0. The van der Waals surface area contributed by atoms with Gasteiger partial charge >= 0.3 is 13.2 Å². The highest BCUT2D eigenvalue weighted by molar-refractivity contribution is 5.97. The minimum absolute atomic E-state index is 0.122. The first kappa shape index (κ1) is 20.9. The molecule has 1 aliphatic heterocycles. The van der Waals surface area contributed by atoms with E-state index in [1.165, 1.54) is 4.90 Å². The number of piperazine rings is 1. The van der Waals surface area contributed by atoms with Crippen molar-refractivity contribution >= 4 is 5.91 Å². The van der Waals surface area contributed by atoms with E-state index in [0.29, 0.717) is 26.2 Å². The summed E-state index contributed by atoms with van der Waals surface area (Å²) in [5.74, 6) is -1.35. The Morgan fingerprint density at radius 3 is 2.17 bits per heavy atom. The van der Waals surface area contributed by atoms with Gasteiger partial charge in [0.15, 0.2) is 0 Å². The van der Waals surface area contributed by atoms with E-state index in [9.17, 15) is 22.4 Å². The van der Waals surface area contributed by atoms with Gasteiger partial charge in [0, 0.05) is 38.8 Å². The number of nitrogens with zero attached hydrogens (tertiary/aromatic N) is 2. The fraction of sp³-hybridized carbons (Fsp3) is 0.350. The predicted molar refractivity (Wildman–Crippen MR) is 97.3 cm³/mol. The van der Waals surface area contributed by atoms with Crippen LogP contribution in [0.25, 0.3) is 0 Å². The zero-order valence-electron chi connectivity index (χ0n) is 15.4. The van der Waals surface area contributed by atoms with E-state index < -0.39 is 24.9 Å². The maximum Gasteiger partial charge on any atom is 0.387 e. The number of carbonyl (C=O) groups excluding carboxylic acids is 1. The number of carbonyl (C=O) groups is 1. The van der Waals surface area contributed by atoms with Gasteiger partial charge < -0.3 is 14.4 Å². The van der Waals surface area contributed by atoms with Crippen molar-refractivity contribution in [1.82, 2.24) is 9.80 Å². The lowest BCUT2D eigenvalue weighted by Crippen LogP contribution is -2.48. The van der Waals surface area contributed by atoms with Crippen LogP contribution in [0.15, 0.2) is 48.5 Å². The van der Waals surface area contributed by atoms with E-state index >= 15 is 0 Å². The summed E-state index contributed by atoms with van der Waals surface area (Å²) in [5, 5.41) is 0. The van der Waals surface area contributed by atoms with Gasteiger partial charge in [0.2, 0.25) is 0 Å². The molecule has 2 aromatic carbocycles. The minimum atomic E-state index is -3.20. The number of halogens is 4. The van der Waals surface area contributed by atoms with Crippen LogP contribution in [0.3, 0.4) is 0 Å². The van der Waals surface area contributed by atoms with Crippen molar-refractivity contribution in [2.24, 2.45) is 0 Å². The molecule has 0 saturated carbocycles. The maximum atomic E-state index is 12.8. The first-order chi connectivity index (χ1) is 13.9. The molecule has 0 radical (unpaired) electrons. The average molecular weight is 412 g/mol. The maximum absolute atomic E-state index is 12.8. The minimum Gasteiger partial charge on any atom is -0.435 e. The van der Waals surface area contributed by atoms with Crippen molar-refractivity contribution in [3.63, 3.8) is 0 Å². The summed E-state index contributed by atoms with van der Waals surface area (Å²) < 4.78 is 58.7. The Labute approximate surface area is 165 Å². The number of amides is 1. The van der Waals surface area contributed by atoms with Gasteiger partial charge in [-0.2, -0.15) is 17.6 Å². The zero-order chi connectivity index (χ0) is 20.8. The van der Waals surface area contributed by atoms with E-state index in [1.807, 2.05) is 30.3 Å². The van der Waals surface area contributed by atoms with Crippen LogP contribution < -0.4 is 9.47 Å². The third-order valence-electron chi connectivity index (χ3n) is 4.53. The van der Waals surface area contributed by atoms with Crippen LogP contribution in [0.5, 0.6) is 11.5 Å². The van der Waals surface area contributed by atoms with Gasteiger partial charge in [-0.25, -0.2) is 0 Å². The largest absolute Gasteiger partial charge is 0.435 e. The van der Waals surface area contributed by atoms with Gasteiger partial charge in [0.1, 0.15) is 11.5 Å². The van der Waals surface area contributed by atoms with Crippen molar-refractivity contribution in [2.75, 3.05) is 26.2 Å². The molecular formula is C20H20F4N2O3. The molecule has 0 atom stereocenters. The lowest BCUT2D eigenvalue weighted by molar-refractivity contribution is -0.0545. The topological polar surface area (TPSA) is 42.0 Å². The first-order valence-electron chi connectivity index (χ1n) is 9.01. The Morgan fingerprint density at radius 2 is 1.55 bits per heavy atom. The third kappa shape index (κ3) is 5.83. The zero-order valence-corrected chi connectivity index (χ0v) is 15.4. The van der Waals surface area contributed by atoms with Crippen molar-refractivity contribution in [1.29, 1.82) is 0 Å². The standard InChI is InChI=1S/C20H20F4N2O3/c21-19(22)28-15-6-7-16(17(12-15)29-20(23)24)18(27)26-10-8-25(9-11-26)13-14-4-2-1-3-5-14/h1-7,12,19-20H,8-11,13H2. The molecule has 3 rings (SSSR count). The highest BCUT2D eigenvalue weighted by Crippen LogP contribution is 2.29. The molecule has 1 aliphatic rings. The van der Waals surface area contributed by atoms with E-state index in [-0.39, 0.29) is 11.3 Å². The van der Waals surface area contributed by atoms with Crippen LogP contribution in [0.4, 0.5) is 17.6 Å². The Bertz CT molecular complexity index is 813. The van der Waals surface area contributed by atoms with Crippen LogP contribution in [-0.4, -0.2) is 55.1 Å². The smallest absolute Gasteiger partial charge is 0.387 e. The molecular weight excluding hydrogens is 392 g/mol. The average Bonchev–Trinajstić information content (AvgIpc) is 2.68. The summed E-state index contributed by atoms with van der Waals surface area (Å²) in [6.45, 7) is -3.50. The van der Waals surface area contributed by atoms with Crippen LogP contribution >= 0.6 is 0 Å². The molecule has 0 aromatic heterocycles. The van der Waals surface area contributed by atoms with Crippen molar-refractivity contribution in [2.45, 2.75) is 19.8 Å². The molecule has 0 N–H and O–H groups in total. The Hall–Kier alpha value is -2.81. The number of benzene rings is 2. The molecule has 0 unspecified atom stereocenters. The third-order valence-corrected chi connectivity index (χ3v) is 4.53. The van der Waals surface area contributed by atoms with Gasteiger partial charge in [-0.05, 0) is 17.7 Å². The van der Waals surface area contributed by atoms with Crippen LogP contribution in [-0.2, 0) is 6.54 Å². The summed E-state index contributed by atoms with van der Waals surface area (Å²) in [7, 11) is 0. The number of rotatable bonds is 7. The normalized spacial score (nSPS) is 15.0. The SMILES string of the molecule is O=C(c1ccc(OC(F)F)cc1OC(F)F)N1CCN(Cc2ccccc2)CC1. The molecule has 1 fully saturated rings. The molecule has 0 aliphatic carbocycles. The molecule has 1 heterocycles. The van der Waals surface area contributed by atoms with Gasteiger partial charge in [-0.15, -0.1) is 0 Å². The van der Waals surface area contributed by atoms with Crippen LogP contribution in [0.1, 0.15) is 15.9 Å². The number of alkyl halides is 4. The van der Waals surface area contributed by atoms with E-state index in [0.717, 1.165) is 30.3 Å². The fourth-order valence-electron chi connectivity index (χ4n) is 3.17. The second-order valence-electron chi connectivity index (χ2n) is 6.47. The highest BCUT2D eigenvalue weighted by Gasteiger charge is 2.26. The molecule has 9 heteroatoms. The van der Waals surface area contributed by atoms with Gasteiger partial charge in [-0.3, -0.25) is 9.69 Å². The first-order valence-corrected chi connectivity index (χ1v) is 9.01. The molecule has 1 saturated heterocycles. The lowest BCUT2D eigenvalue weighted by Gasteiger charge is -2.35. The molecule has 1 amide bonds. The fourth-order valence-corrected chi connectivity index (χ4v) is 3.17. The van der Waals surface area contributed by atoms with Gasteiger partial charge in [-0.1, -0.05) is 30.3 Å². The summed E-state index contributed by atoms with van der Waals surface area (Å²) in [4.78, 5) is 16.5. The van der Waals surface area contributed by atoms with Crippen LogP contribution in [0, 0.1) is 0 Å². The molecule has 0 bridgehead atoms. The number of hydrogen-bond acceptors (Lipinski definition) is 4. The quantitative estimate of drug-likeness (QED) is 0.648. The van der Waals surface area contributed by atoms with E-state index in [2.05, 4.69) is 14.4 Å². The summed E-state index contributed by atoms with van der Waals surface area (Å²) in [6.07, 6.45) is 0. The molecule has 2 aromatic rings. The molecule has 5 nitrogen and oxygen atoms in total. The summed E-state index contributed by atoms with van der Waals surface area (Å²) in [6, 6.07) is 13.1. The van der Waals surface area contributed by atoms with Crippen molar-refractivity contribution in [3.05, 3.63) is 59.7 Å². The highest BCUT2D eigenvalue weighted by atomic mass is 19.3. The van der Waals surface area contributed by atoms with Gasteiger partial charge in [0.05, 0.1) is 5.56 Å². The predicted octanol–water partition coefficient (Wildman–Crippen LogP) is 3.85. The Morgan fingerprint density at radius 1 is 0.897 bits per heavy atom. The van der Waals surface area contributed by atoms with Gasteiger partial charge in [0.25, 0.3) is 5.91 Å². The van der Waals surface area contributed by atoms with E-state index in [1.54, 1.807) is 0 Å². The van der Waals surface area contributed by atoms with Crippen molar-refractivity contribution in [3.8, 4) is 11.5 Å². The summed E-state index contributed by atoms with van der Waals surface area (Å²) in [5.41, 5.74) is 1.04. The lowest BCUT2D eigenvalue weighted by atomic mass is 10.1. The Balaban J connectivity index is 1.66. The number of ether oxygens (including phenoxy) is 2. The molecule has 0 spiro atoms. The summed E-state index contributed by atoms with van der Waals surface area (Å²) >= 11 is 0. The monoisotopic (exact) mass is 412 g/mol. The van der Waals surface area contributed by atoms with Crippen LogP contribution in [0.2, 0.25) is 0 Å². The van der Waals surface area contributed by atoms with Crippen molar-refractivity contribution < 1.29 is 31.8 Å².